The van der Waals surface area contributed by atoms with Crippen molar-refractivity contribution in [2.24, 2.45) is 0 Å². The molecule has 0 radical (unpaired) electrons. The number of hydrogen-bond donors (Lipinski definition) is 0. The van der Waals surface area contributed by atoms with Crippen LogP contribution < -0.4 is 0 Å². The number of aryl methyl sites for hydroxylation is 2. The molecule has 0 amide bonds. The molecule has 0 aliphatic carbocycles. The van der Waals surface area contributed by atoms with Gasteiger partial charge in [-0.2, -0.15) is 4.98 Å². The van der Waals surface area contributed by atoms with Crippen LogP contribution in [0.4, 0.5) is 0 Å². The fourth-order valence-electron chi connectivity index (χ4n) is 2.89. The zero-order valence-corrected chi connectivity index (χ0v) is 13.7. The van der Waals surface area contributed by atoms with Crippen LogP contribution in [-0.2, 0) is 11.3 Å². The summed E-state index contributed by atoms with van der Waals surface area (Å²) in [7, 11) is 1.71. The molecular weight excluding hydrogens is 304 g/mol. The van der Waals surface area contributed by atoms with Crippen molar-refractivity contribution in [2.75, 3.05) is 13.7 Å². The first kappa shape index (κ1) is 14.8. The van der Waals surface area contributed by atoms with Crippen LogP contribution in [0.1, 0.15) is 12.2 Å². The summed E-state index contributed by atoms with van der Waals surface area (Å²) in [6, 6.07) is 7.94. The van der Waals surface area contributed by atoms with Crippen molar-refractivity contribution in [2.45, 2.75) is 19.9 Å². The number of methoxy groups -OCH3 is 1. The van der Waals surface area contributed by atoms with Gasteiger partial charge in [-0.1, -0.05) is 12.1 Å². The molecule has 0 fully saturated rings. The average Bonchev–Trinajstić information content (AvgIpc) is 3.16. The van der Waals surface area contributed by atoms with Crippen molar-refractivity contribution >= 4 is 22.2 Å². The Kier molecular flexibility index (Phi) is 3.70. The molecule has 0 aliphatic rings. The summed E-state index contributed by atoms with van der Waals surface area (Å²) in [4.78, 5) is 18.2. The molecule has 0 bridgehead atoms. The van der Waals surface area contributed by atoms with Gasteiger partial charge in [0.1, 0.15) is 17.7 Å². The molecule has 0 spiro atoms. The second kappa shape index (κ2) is 6.01. The summed E-state index contributed by atoms with van der Waals surface area (Å²) in [5.74, 6) is 1.53. The van der Waals surface area contributed by atoms with Crippen LogP contribution in [0.2, 0.25) is 0 Å². The lowest BCUT2D eigenvalue weighted by atomic mass is 10.3. The Labute approximate surface area is 139 Å². The largest absolute Gasteiger partial charge is 0.385 e. The van der Waals surface area contributed by atoms with Gasteiger partial charge in [-0.15, -0.1) is 0 Å². The van der Waals surface area contributed by atoms with Crippen LogP contribution in [-0.4, -0.2) is 42.8 Å². The summed E-state index contributed by atoms with van der Waals surface area (Å²) in [5, 5.41) is 0. The van der Waals surface area contributed by atoms with Crippen molar-refractivity contribution in [1.82, 2.24) is 29.1 Å². The lowest BCUT2D eigenvalue weighted by Gasteiger charge is -2.07. The minimum Gasteiger partial charge on any atom is -0.385 e. The molecule has 4 rings (SSSR count). The van der Waals surface area contributed by atoms with Gasteiger partial charge in [0, 0.05) is 20.3 Å². The smallest absolute Gasteiger partial charge is 0.237 e. The summed E-state index contributed by atoms with van der Waals surface area (Å²) in [5.41, 5.74) is 3.55. The number of benzene rings is 1. The maximum Gasteiger partial charge on any atom is 0.237 e. The number of rotatable bonds is 5. The molecule has 0 saturated heterocycles. The molecule has 0 unspecified atom stereocenters. The van der Waals surface area contributed by atoms with Crippen molar-refractivity contribution in [3.8, 4) is 5.95 Å². The molecule has 3 aromatic heterocycles. The zero-order valence-electron chi connectivity index (χ0n) is 13.7. The van der Waals surface area contributed by atoms with Gasteiger partial charge in [0.05, 0.1) is 17.2 Å². The topological polar surface area (TPSA) is 70.7 Å². The van der Waals surface area contributed by atoms with Gasteiger partial charge in [0.2, 0.25) is 5.95 Å². The third-order valence-electron chi connectivity index (χ3n) is 4.07. The summed E-state index contributed by atoms with van der Waals surface area (Å²) in [6.45, 7) is 3.52. The summed E-state index contributed by atoms with van der Waals surface area (Å²) in [6.07, 6.45) is 4.44. The maximum atomic E-state index is 5.14. The van der Waals surface area contributed by atoms with Gasteiger partial charge >= 0.3 is 0 Å². The Morgan fingerprint density at radius 1 is 1.08 bits per heavy atom. The number of aromatic nitrogens is 6. The lowest BCUT2D eigenvalue weighted by Crippen LogP contribution is -2.06. The number of para-hydroxylation sites is 2. The fourth-order valence-corrected chi connectivity index (χ4v) is 2.89. The molecule has 122 valence electrons. The molecule has 1 aromatic carbocycles. The quantitative estimate of drug-likeness (QED) is 0.528. The minimum atomic E-state index is 0.601. The highest BCUT2D eigenvalue weighted by molar-refractivity contribution is 5.77. The van der Waals surface area contributed by atoms with E-state index in [-0.39, 0.29) is 0 Å². The molecule has 24 heavy (non-hydrogen) atoms. The first-order chi connectivity index (χ1) is 11.8. The average molecular weight is 322 g/mol. The third kappa shape index (κ3) is 2.43. The van der Waals surface area contributed by atoms with E-state index in [1.807, 2.05) is 35.8 Å². The van der Waals surface area contributed by atoms with E-state index >= 15 is 0 Å². The van der Waals surface area contributed by atoms with Crippen LogP contribution >= 0.6 is 0 Å². The minimum absolute atomic E-state index is 0.601. The fraction of sp³-hybridized carbons (Fsp3) is 0.294. The Morgan fingerprint density at radius 3 is 2.83 bits per heavy atom. The molecule has 7 nitrogen and oxygen atoms in total. The van der Waals surface area contributed by atoms with E-state index in [0.29, 0.717) is 12.6 Å². The SMILES string of the molecule is COCCCn1c(C)nc2cnc(-n3cnc4ccccc43)nc21. The van der Waals surface area contributed by atoms with Crippen molar-refractivity contribution < 1.29 is 4.74 Å². The van der Waals surface area contributed by atoms with Crippen LogP contribution in [0.25, 0.3) is 28.1 Å². The Bertz CT molecular complexity index is 1000. The van der Waals surface area contributed by atoms with E-state index < -0.39 is 0 Å². The summed E-state index contributed by atoms with van der Waals surface area (Å²) >= 11 is 0. The van der Waals surface area contributed by atoms with E-state index in [0.717, 1.165) is 41.0 Å². The molecule has 0 saturated carbocycles. The predicted molar refractivity (Wildman–Crippen MR) is 91.2 cm³/mol. The molecule has 0 aliphatic heterocycles. The highest BCUT2D eigenvalue weighted by Crippen LogP contribution is 2.18. The van der Waals surface area contributed by atoms with Gasteiger partial charge in [-0.05, 0) is 25.5 Å². The predicted octanol–water partition coefficient (Wildman–Crippen LogP) is 2.51. The Hall–Kier alpha value is -2.80. The van der Waals surface area contributed by atoms with Crippen molar-refractivity contribution in [3.05, 3.63) is 42.6 Å². The standard InChI is InChI=1S/C17H18N6O/c1-12-20-14-10-18-17(21-16(14)22(12)8-5-9-24-2)23-11-19-13-6-3-4-7-15(13)23/h3-4,6-7,10-11H,5,8-9H2,1-2H3. The Morgan fingerprint density at radius 2 is 1.96 bits per heavy atom. The molecule has 0 atom stereocenters. The number of nitrogens with zero attached hydrogens (tertiary/aromatic N) is 6. The second-order valence-electron chi connectivity index (χ2n) is 5.64. The highest BCUT2D eigenvalue weighted by atomic mass is 16.5. The van der Waals surface area contributed by atoms with Crippen molar-refractivity contribution in [3.63, 3.8) is 0 Å². The van der Waals surface area contributed by atoms with E-state index in [9.17, 15) is 0 Å². The van der Waals surface area contributed by atoms with Gasteiger partial charge < -0.3 is 9.30 Å². The van der Waals surface area contributed by atoms with Gasteiger partial charge in [0.15, 0.2) is 5.65 Å². The van der Waals surface area contributed by atoms with Crippen LogP contribution in [0.3, 0.4) is 0 Å². The van der Waals surface area contributed by atoms with E-state index in [1.54, 1.807) is 19.6 Å². The van der Waals surface area contributed by atoms with Gasteiger partial charge in [-0.3, -0.25) is 4.57 Å². The Balaban J connectivity index is 1.81. The molecule has 7 heteroatoms. The lowest BCUT2D eigenvalue weighted by molar-refractivity contribution is 0.190. The first-order valence-corrected chi connectivity index (χ1v) is 7.89. The van der Waals surface area contributed by atoms with Crippen LogP contribution in [0.5, 0.6) is 0 Å². The van der Waals surface area contributed by atoms with Crippen LogP contribution in [0.15, 0.2) is 36.8 Å². The highest BCUT2D eigenvalue weighted by Gasteiger charge is 2.12. The first-order valence-electron chi connectivity index (χ1n) is 7.89. The maximum absolute atomic E-state index is 5.14. The van der Waals surface area contributed by atoms with E-state index in [2.05, 4.69) is 19.5 Å². The number of imidazole rings is 2. The monoisotopic (exact) mass is 322 g/mol. The van der Waals surface area contributed by atoms with Crippen molar-refractivity contribution in [1.29, 1.82) is 0 Å². The van der Waals surface area contributed by atoms with E-state index in [1.165, 1.54) is 0 Å². The van der Waals surface area contributed by atoms with Gasteiger partial charge in [0.25, 0.3) is 0 Å². The molecule has 0 N–H and O–H groups in total. The van der Waals surface area contributed by atoms with Crippen LogP contribution in [0, 0.1) is 6.92 Å². The third-order valence-corrected chi connectivity index (χ3v) is 4.07. The normalized spacial score (nSPS) is 11.6. The van der Waals surface area contributed by atoms with E-state index in [4.69, 9.17) is 9.72 Å². The second-order valence-corrected chi connectivity index (χ2v) is 5.64. The molecule has 3 heterocycles. The number of ether oxygens (including phenoxy) is 1. The van der Waals surface area contributed by atoms with Gasteiger partial charge in [-0.25, -0.2) is 15.0 Å². The zero-order chi connectivity index (χ0) is 16.5. The summed E-state index contributed by atoms with van der Waals surface area (Å²) < 4.78 is 9.15. The molecular formula is C17H18N6O. The molecule has 4 aromatic rings. The number of fused-ring (bicyclic) bond motifs is 2. The number of hydrogen-bond acceptors (Lipinski definition) is 5.